The van der Waals surface area contributed by atoms with Crippen molar-refractivity contribution in [3.05, 3.63) is 0 Å². The molecule has 0 bridgehead atoms. The average molecular weight is 372 g/mol. The summed E-state index contributed by atoms with van der Waals surface area (Å²) in [7, 11) is 4.37. The summed E-state index contributed by atoms with van der Waals surface area (Å²) in [6.07, 6.45) is 3.54. The molecular formula is C12H21NO4S4. The predicted octanol–water partition coefficient (Wildman–Crippen LogP) is 4.74. The number of rotatable bonds is 7. The Kier molecular flexibility index (Phi) is 8.70. The number of hydrogen-bond acceptors (Lipinski definition) is 7. The molecule has 1 atom stereocenters. The van der Waals surface area contributed by atoms with E-state index in [9.17, 15) is 9.59 Å². The highest BCUT2D eigenvalue weighted by Crippen LogP contribution is 2.42. The number of likely N-dealkylation sites (tertiary alicyclic amines) is 1. The highest BCUT2D eigenvalue weighted by molar-refractivity contribution is 8.82. The molecule has 9 heteroatoms. The lowest BCUT2D eigenvalue weighted by Gasteiger charge is -2.42. The summed E-state index contributed by atoms with van der Waals surface area (Å²) in [5.41, 5.74) is 0. The lowest BCUT2D eigenvalue weighted by molar-refractivity contribution is 0.155. The normalized spacial score (nSPS) is 18.4. The van der Waals surface area contributed by atoms with E-state index < -0.39 is 10.6 Å². The van der Waals surface area contributed by atoms with E-state index in [0.29, 0.717) is 5.75 Å². The van der Waals surface area contributed by atoms with Gasteiger partial charge in [-0.05, 0) is 39.8 Å². The molecule has 0 radical (unpaired) electrons. The van der Waals surface area contributed by atoms with Gasteiger partial charge in [-0.3, -0.25) is 4.90 Å². The van der Waals surface area contributed by atoms with Crippen molar-refractivity contribution in [1.82, 2.24) is 4.90 Å². The Morgan fingerprint density at radius 2 is 1.67 bits per heavy atom. The van der Waals surface area contributed by atoms with Crippen molar-refractivity contribution in [3.8, 4) is 0 Å². The van der Waals surface area contributed by atoms with Crippen LogP contribution >= 0.6 is 43.2 Å². The van der Waals surface area contributed by atoms with Gasteiger partial charge in [-0.25, -0.2) is 9.59 Å². The Balaban J connectivity index is 2.67. The average Bonchev–Trinajstić information content (AvgIpc) is 2.42. The van der Waals surface area contributed by atoms with E-state index in [0.717, 1.165) is 47.5 Å². The first-order chi connectivity index (χ1) is 9.83. The molecule has 1 unspecified atom stereocenters. The van der Waals surface area contributed by atoms with Crippen LogP contribution in [0.5, 0.6) is 0 Å². The zero-order valence-electron chi connectivity index (χ0n) is 12.1. The quantitative estimate of drug-likeness (QED) is 0.617. The van der Waals surface area contributed by atoms with Crippen LogP contribution in [0.1, 0.15) is 33.1 Å². The van der Waals surface area contributed by atoms with Gasteiger partial charge in [0.25, 0.3) is 0 Å². The first-order valence-electron chi connectivity index (χ1n) is 6.68. The van der Waals surface area contributed by atoms with Gasteiger partial charge in [-0.1, -0.05) is 28.0 Å². The predicted molar refractivity (Wildman–Crippen MR) is 94.6 cm³/mol. The maximum absolute atomic E-state index is 10.8. The third-order valence-corrected chi connectivity index (χ3v) is 8.11. The van der Waals surface area contributed by atoms with Gasteiger partial charge in [0.2, 0.25) is 0 Å². The number of carbonyl (C=O) groups is 2. The fraction of sp³-hybridized carbons (Fsp3) is 0.833. The van der Waals surface area contributed by atoms with Crippen molar-refractivity contribution in [3.63, 3.8) is 0 Å². The first-order valence-corrected chi connectivity index (χ1v) is 11.1. The van der Waals surface area contributed by atoms with Crippen LogP contribution in [0.3, 0.4) is 0 Å². The molecule has 0 aliphatic carbocycles. The second kappa shape index (κ2) is 9.44. The third-order valence-electron chi connectivity index (χ3n) is 3.32. The molecule has 1 aliphatic heterocycles. The van der Waals surface area contributed by atoms with Gasteiger partial charge in [0.1, 0.15) is 0 Å². The molecule has 0 aromatic carbocycles. The molecule has 0 saturated carbocycles. The van der Waals surface area contributed by atoms with Crippen molar-refractivity contribution in [1.29, 1.82) is 0 Å². The third kappa shape index (κ3) is 7.40. The zero-order valence-corrected chi connectivity index (χ0v) is 15.4. The number of carboxylic acid groups (broad SMARTS) is 2. The van der Waals surface area contributed by atoms with Crippen molar-refractivity contribution in [2.75, 3.05) is 18.8 Å². The Morgan fingerprint density at radius 1 is 1.10 bits per heavy atom. The summed E-state index contributed by atoms with van der Waals surface area (Å²) < 4.78 is -0.257. The van der Waals surface area contributed by atoms with Crippen molar-refractivity contribution < 1.29 is 19.8 Å². The summed E-state index contributed by atoms with van der Waals surface area (Å²) >= 11 is 0. The van der Waals surface area contributed by atoms with E-state index in [1.165, 1.54) is 28.0 Å². The van der Waals surface area contributed by atoms with Crippen molar-refractivity contribution in [2.45, 2.75) is 43.9 Å². The van der Waals surface area contributed by atoms with E-state index in [-0.39, 0.29) is 10.8 Å². The van der Waals surface area contributed by atoms with E-state index >= 15 is 0 Å². The summed E-state index contributed by atoms with van der Waals surface area (Å²) in [5.74, 6) is 0.678. The van der Waals surface area contributed by atoms with E-state index in [1.807, 2.05) is 13.8 Å². The fourth-order valence-corrected chi connectivity index (χ4v) is 6.07. The lowest BCUT2D eigenvalue weighted by atomic mass is 10.00. The minimum Gasteiger partial charge on any atom is -0.473 e. The molecule has 5 nitrogen and oxygen atoms in total. The molecule has 0 amide bonds. The van der Waals surface area contributed by atoms with Gasteiger partial charge in [0, 0.05) is 38.1 Å². The number of piperidine rings is 1. The Bertz CT molecular complexity index is 361. The van der Waals surface area contributed by atoms with Gasteiger partial charge in [0.05, 0.1) is 0 Å². The van der Waals surface area contributed by atoms with Gasteiger partial charge in [-0.15, -0.1) is 0 Å². The van der Waals surface area contributed by atoms with Crippen LogP contribution < -0.4 is 0 Å². The first kappa shape index (κ1) is 19.3. The highest BCUT2D eigenvalue weighted by atomic mass is 33.1. The minimum atomic E-state index is -0.891. The second-order valence-electron chi connectivity index (χ2n) is 5.28. The topological polar surface area (TPSA) is 77.8 Å². The molecule has 2 N–H and O–H groups in total. The minimum absolute atomic E-state index is 0.159. The number of nitrogens with zero attached hydrogens (tertiary/aromatic N) is 1. The second-order valence-corrected chi connectivity index (χ2v) is 10.3. The van der Waals surface area contributed by atoms with Gasteiger partial charge in [0.15, 0.2) is 0 Å². The molecule has 1 aliphatic rings. The fourth-order valence-electron chi connectivity index (χ4n) is 2.32. The molecule has 1 rings (SSSR count). The smallest absolute Gasteiger partial charge is 0.375 e. The summed E-state index contributed by atoms with van der Waals surface area (Å²) in [4.78, 5) is 23.8. The summed E-state index contributed by atoms with van der Waals surface area (Å²) in [5, 5.41) is 15.8. The lowest BCUT2D eigenvalue weighted by Crippen LogP contribution is -2.51. The summed E-state index contributed by atoms with van der Waals surface area (Å²) in [6.45, 7) is 6.09. The highest BCUT2D eigenvalue weighted by Gasteiger charge is 2.36. The van der Waals surface area contributed by atoms with Crippen LogP contribution in [0.4, 0.5) is 9.59 Å². The standard InChI is InChI=1S/C12H21NO4S4/c1-12(2,21-20-11(16)17)9(8-18-19-10(14)15)13-6-4-3-5-7-13/h9H,3-8H2,1-2H3,(H,14,15)(H,16,17). The summed E-state index contributed by atoms with van der Waals surface area (Å²) in [6, 6.07) is 0.159. The van der Waals surface area contributed by atoms with Crippen LogP contribution in [0.15, 0.2) is 0 Å². The van der Waals surface area contributed by atoms with Crippen LogP contribution in [0.2, 0.25) is 0 Å². The van der Waals surface area contributed by atoms with Gasteiger partial charge >= 0.3 is 10.6 Å². The number of hydrogen-bond donors (Lipinski definition) is 2. The van der Waals surface area contributed by atoms with E-state index in [4.69, 9.17) is 10.2 Å². The van der Waals surface area contributed by atoms with Crippen LogP contribution in [0, 0.1) is 0 Å². The zero-order chi connectivity index (χ0) is 15.9. The molecular weight excluding hydrogens is 350 g/mol. The van der Waals surface area contributed by atoms with Crippen LogP contribution in [0.25, 0.3) is 0 Å². The molecule has 1 saturated heterocycles. The SMILES string of the molecule is CC(C)(SSC(=O)O)C(CSSC(=O)O)N1CCCCC1. The van der Waals surface area contributed by atoms with Crippen LogP contribution in [-0.2, 0) is 0 Å². The molecule has 0 aromatic heterocycles. The molecule has 0 aromatic rings. The molecule has 0 spiro atoms. The van der Waals surface area contributed by atoms with Crippen molar-refractivity contribution >= 4 is 53.8 Å². The molecule has 122 valence electrons. The maximum Gasteiger partial charge on any atom is 0.375 e. The maximum atomic E-state index is 10.8. The largest absolute Gasteiger partial charge is 0.473 e. The Hall–Kier alpha value is 0.300. The monoisotopic (exact) mass is 371 g/mol. The Morgan fingerprint density at radius 3 is 2.19 bits per heavy atom. The molecule has 1 heterocycles. The van der Waals surface area contributed by atoms with E-state index in [2.05, 4.69) is 4.90 Å². The van der Waals surface area contributed by atoms with Crippen LogP contribution in [-0.4, -0.2) is 55.3 Å². The van der Waals surface area contributed by atoms with Crippen molar-refractivity contribution in [2.24, 2.45) is 0 Å². The Labute approximate surface area is 141 Å². The molecule has 1 fully saturated rings. The van der Waals surface area contributed by atoms with E-state index in [1.54, 1.807) is 0 Å². The van der Waals surface area contributed by atoms with Gasteiger partial charge < -0.3 is 10.2 Å². The van der Waals surface area contributed by atoms with Gasteiger partial charge in [-0.2, -0.15) is 0 Å². The molecule has 21 heavy (non-hydrogen) atoms.